The minimum absolute atomic E-state index is 0.0179. The van der Waals surface area contributed by atoms with E-state index in [0.717, 1.165) is 21.2 Å². The van der Waals surface area contributed by atoms with Crippen molar-refractivity contribution in [3.05, 3.63) is 32.7 Å². The second kappa shape index (κ2) is 2.67. The fraction of sp³-hybridized carbons (Fsp3) is 0.333. The first kappa shape index (κ1) is 8.44. The average molecular weight is 194 g/mol. The molecular weight excluding hydrogens is 184 g/mol. The summed E-state index contributed by atoms with van der Waals surface area (Å²) in [5, 5.41) is 0. The van der Waals surface area contributed by atoms with Crippen LogP contribution in [0.2, 0.25) is 0 Å². The molecule has 0 atom stereocenters. The number of fused-ring (bicyclic) bond motifs is 1. The molecule has 0 N–H and O–H groups in total. The van der Waals surface area contributed by atoms with Gasteiger partial charge in [-0.2, -0.15) is 0 Å². The zero-order valence-corrected chi connectivity index (χ0v) is 8.60. The maximum atomic E-state index is 11.6. The minimum atomic E-state index is 0.0179. The van der Waals surface area contributed by atoms with Crippen LogP contribution in [0.3, 0.4) is 0 Å². The monoisotopic (exact) mass is 194 g/mol. The van der Waals surface area contributed by atoms with E-state index in [2.05, 4.69) is 4.98 Å². The van der Waals surface area contributed by atoms with Crippen molar-refractivity contribution >= 4 is 16.3 Å². The highest BCUT2D eigenvalue weighted by atomic mass is 32.1. The lowest BCUT2D eigenvalue weighted by Gasteiger charge is -1.95. The number of aryl methyl sites for hydroxylation is 3. The largest absolute Gasteiger partial charge is 0.269 e. The van der Waals surface area contributed by atoms with Crippen molar-refractivity contribution in [3.63, 3.8) is 0 Å². The third-order valence-electron chi connectivity index (χ3n) is 2.11. The lowest BCUT2D eigenvalue weighted by molar-refractivity contribution is 0.994. The van der Waals surface area contributed by atoms with Gasteiger partial charge in [-0.15, -0.1) is 11.3 Å². The van der Waals surface area contributed by atoms with Crippen LogP contribution < -0.4 is 5.56 Å². The first-order valence-corrected chi connectivity index (χ1v) is 4.87. The van der Waals surface area contributed by atoms with Gasteiger partial charge in [0.2, 0.25) is 0 Å². The molecule has 13 heavy (non-hydrogen) atoms. The number of hydrogen-bond acceptors (Lipinski definition) is 3. The second-order valence-corrected chi connectivity index (χ2v) is 4.28. The Morgan fingerprint density at radius 3 is 2.77 bits per heavy atom. The van der Waals surface area contributed by atoms with Crippen molar-refractivity contribution in [1.29, 1.82) is 0 Å². The topological polar surface area (TPSA) is 34.4 Å². The van der Waals surface area contributed by atoms with Gasteiger partial charge < -0.3 is 0 Å². The summed E-state index contributed by atoms with van der Waals surface area (Å²) in [6, 6.07) is 1.56. The van der Waals surface area contributed by atoms with Crippen LogP contribution in [0, 0.1) is 20.8 Å². The molecule has 68 valence electrons. The molecule has 3 nitrogen and oxygen atoms in total. The van der Waals surface area contributed by atoms with Gasteiger partial charge in [0.25, 0.3) is 5.56 Å². The molecule has 0 aliphatic heterocycles. The van der Waals surface area contributed by atoms with Crippen molar-refractivity contribution in [3.8, 4) is 0 Å². The Morgan fingerprint density at radius 1 is 1.38 bits per heavy atom. The van der Waals surface area contributed by atoms with Gasteiger partial charge >= 0.3 is 0 Å². The van der Waals surface area contributed by atoms with Crippen LogP contribution in [0.5, 0.6) is 0 Å². The van der Waals surface area contributed by atoms with Gasteiger partial charge in [0.1, 0.15) is 0 Å². The number of nitrogens with zero attached hydrogens (tertiary/aromatic N) is 2. The summed E-state index contributed by atoms with van der Waals surface area (Å²) < 4.78 is 1.66. The van der Waals surface area contributed by atoms with Gasteiger partial charge in [-0.1, -0.05) is 0 Å². The minimum Gasteiger partial charge on any atom is -0.269 e. The van der Waals surface area contributed by atoms with E-state index in [0.29, 0.717) is 0 Å². The zero-order chi connectivity index (χ0) is 9.59. The van der Waals surface area contributed by atoms with E-state index in [9.17, 15) is 4.79 Å². The lowest BCUT2D eigenvalue weighted by atomic mass is 10.4. The molecule has 0 unspecified atom stereocenters. The fourth-order valence-corrected chi connectivity index (χ4v) is 2.34. The Bertz CT molecular complexity index is 524. The van der Waals surface area contributed by atoms with Gasteiger partial charge in [0, 0.05) is 22.3 Å². The summed E-state index contributed by atoms with van der Waals surface area (Å²) in [4.78, 5) is 17.8. The maximum Gasteiger partial charge on any atom is 0.258 e. The fourth-order valence-electron chi connectivity index (χ4n) is 1.32. The van der Waals surface area contributed by atoms with Crippen LogP contribution in [0.4, 0.5) is 0 Å². The van der Waals surface area contributed by atoms with Gasteiger partial charge in [-0.05, 0) is 20.8 Å². The molecule has 0 bridgehead atoms. The summed E-state index contributed by atoms with van der Waals surface area (Å²) in [6.07, 6.45) is 0. The van der Waals surface area contributed by atoms with Crippen LogP contribution in [0.15, 0.2) is 10.9 Å². The number of hydrogen-bond donors (Lipinski definition) is 0. The van der Waals surface area contributed by atoms with Crippen LogP contribution in [-0.2, 0) is 0 Å². The molecule has 2 aromatic rings. The molecule has 0 fully saturated rings. The molecule has 0 aliphatic rings. The van der Waals surface area contributed by atoms with E-state index in [1.54, 1.807) is 21.8 Å². The predicted molar refractivity (Wildman–Crippen MR) is 53.6 cm³/mol. The Labute approximate surface area is 79.7 Å². The third kappa shape index (κ3) is 1.18. The first-order chi connectivity index (χ1) is 6.09. The molecule has 2 aromatic heterocycles. The molecule has 4 heteroatoms. The van der Waals surface area contributed by atoms with Gasteiger partial charge in [-0.3, -0.25) is 9.20 Å². The van der Waals surface area contributed by atoms with E-state index >= 15 is 0 Å². The highest BCUT2D eigenvalue weighted by Crippen LogP contribution is 2.18. The van der Waals surface area contributed by atoms with Crippen LogP contribution >= 0.6 is 11.3 Å². The SMILES string of the molecule is Cc1cc(=O)n2c(C)c(C)sc2n1. The van der Waals surface area contributed by atoms with Gasteiger partial charge in [0.05, 0.1) is 0 Å². The van der Waals surface area contributed by atoms with Crippen molar-refractivity contribution < 1.29 is 0 Å². The summed E-state index contributed by atoms with van der Waals surface area (Å²) in [5.41, 5.74) is 1.80. The number of thiazole rings is 1. The van der Waals surface area contributed by atoms with E-state index in [-0.39, 0.29) is 5.56 Å². The number of aromatic nitrogens is 2. The zero-order valence-electron chi connectivity index (χ0n) is 7.79. The van der Waals surface area contributed by atoms with E-state index in [1.165, 1.54) is 0 Å². The summed E-state index contributed by atoms with van der Waals surface area (Å²) >= 11 is 1.56. The molecule has 0 aromatic carbocycles. The molecular formula is C9H10N2OS. The molecule has 0 spiro atoms. The molecule has 0 radical (unpaired) electrons. The van der Waals surface area contributed by atoms with E-state index < -0.39 is 0 Å². The van der Waals surface area contributed by atoms with Crippen molar-refractivity contribution in [1.82, 2.24) is 9.38 Å². The van der Waals surface area contributed by atoms with Crippen LogP contribution in [0.1, 0.15) is 16.3 Å². The molecule has 0 saturated carbocycles. The van der Waals surface area contributed by atoms with Crippen molar-refractivity contribution in [2.45, 2.75) is 20.8 Å². The van der Waals surface area contributed by atoms with Gasteiger partial charge in [0.15, 0.2) is 4.96 Å². The smallest absolute Gasteiger partial charge is 0.258 e. The quantitative estimate of drug-likeness (QED) is 0.639. The number of rotatable bonds is 0. The second-order valence-electron chi connectivity index (χ2n) is 3.10. The van der Waals surface area contributed by atoms with Gasteiger partial charge in [-0.25, -0.2) is 4.98 Å². The van der Waals surface area contributed by atoms with E-state index in [1.807, 2.05) is 20.8 Å². The summed E-state index contributed by atoms with van der Waals surface area (Å²) in [5.74, 6) is 0. The average Bonchev–Trinajstić information content (AvgIpc) is 2.27. The highest BCUT2D eigenvalue weighted by molar-refractivity contribution is 7.17. The standard InChI is InChI=1S/C9H10N2OS/c1-5-4-8(12)11-6(2)7(3)13-9(11)10-5/h4H,1-3H3. The van der Waals surface area contributed by atoms with E-state index in [4.69, 9.17) is 0 Å². The molecule has 2 heterocycles. The maximum absolute atomic E-state index is 11.6. The van der Waals surface area contributed by atoms with Crippen molar-refractivity contribution in [2.75, 3.05) is 0 Å². The summed E-state index contributed by atoms with van der Waals surface area (Å²) in [7, 11) is 0. The Kier molecular flexibility index (Phi) is 1.73. The molecule has 0 amide bonds. The van der Waals surface area contributed by atoms with Crippen LogP contribution in [0.25, 0.3) is 4.96 Å². The lowest BCUT2D eigenvalue weighted by Crippen LogP contribution is -2.14. The third-order valence-corrected chi connectivity index (χ3v) is 3.16. The summed E-state index contributed by atoms with van der Waals surface area (Å²) in [6.45, 7) is 5.78. The molecule has 0 saturated heterocycles. The molecule has 2 rings (SSSR count). The normalized spacial score (nSPS) is 11.0. The Balaban J connectivity index is 3.03. The highest BCUT2D eigenvalue weighted by Gasteiger charge is 2.07. The molecule has 0 aliphatic carbocycles. The first-order valence-electron chi connectivity index (χ1n) is 4.06. The Morgan fingerprint density at radius 2 is 2.08 bits per heavy atom. The predicted octanol–water partition coefficient (Wildman–Crippen LogP) is 1.68. The van der Waals surface area contributed by atoms with Crippen molar-refractivity contribution in [2.24, 2.45) is 0 Å². The Hall–Kier alpha value is -1.16. The van der Waals surface area contributed by atoms with Crippen LogP contribution in [-0.4, -0.2) is 9.38 Å².